The van der Waals surface area contributed by atoms with Gasteiger partial charge >= 0.3 is 0 Å². The van der Waals surface area contributed by atoms with Crippen molar-refractivity contribution in [3.8, 4) is 0 Å². The molecule has 3 nitrogen and oxygen atoms in total. The summed E-state index contributed by atoms with van der Waals surface area (Å²) in [6.07, 6.45) is 1.01. The standard InChI is InChI=1S/C21H23N3/c1-3-16-9-7-12-18(15-16)24(4-2)21(22)23-20-14-8-11-17-10-5-6-13-19(17)20/h5-15H,3-4H2,1-2H3,(H2,22,23). The van der Waals surface area contributed by atoms with E-state index in [2.05, 4.69) is 56.3 Å². The number of rotatable bonds is 4. The van der Waals surface area contributed by atoms with Crippen molar-refractivity contribution in [1.82, 2.24) is 0 Å². The van der Waals surface area contributed by atoms with Gasteiger partial charge in [0.15, 0.2) is 0 Å². The van der Waals surface area contributed by atoms with E-state index in [9.17, 15) is 0 Å². The maximum Gasteiger partial charge on any atom is 0.201 e. The summed E-state index contributed by atoms with van der Waals surface area (Å²) in [5.41, 5.74) is 9.63. The summed E-state index contributed by atoms with van der Waals surface area (Å²) < 4.78 is 0. The lowest BCUT2D eigenvalue weighted by molar-refractivity contribution is 1.03. The van der Waals surface area contributed by atoms with Gasteiger partial charge in [-0.2, -0.15) is 0 Å². The van der Waals surface area contributed by atoms with E-state index in [0.717, 1.165) is 29.7 Å². The summed E-state index contributed by atoms with van der Waals surface area (Å²) in [6, 6.07) is 22.8. The number of anilines is 1. The van der Waals surface area contributed by atoms with Gasteiger partial charge < -0.3 is 10.6 Å². The molecule has 0 aliphatic rings. The molecule has 0 saturated carbocycles. The number of aliphatic imine (C=N–C) groups is 1. The molecule has 0 unspecified atom stereocenters. The molecule has 0 aromatic heterocycles. The van der Waals surface area contributed by atoms with Crippen molar-refractivity contribution < 1.29 is 0 Å². The molecule has 3 heteroatoms. The number of aryl methyl sites for hydroxylation is 1. The number of guanidine groups is 1. The van der Waals surface area contributed by atoms with Gasteiger partial charge in [0.25, 0.3) is 0 Å². The Balaban J connectivity index is 2.01. The fourth-order valence-corrected chi connectivity index (χ4v) is 2.91. The molecule has 24 heavy (non-hydrogen) atoms. The van der Waals surface area contributed by atoms with Crippen LogP contribution in [0.1, 0.15) is 19.4 Å². The Morgan fingerprint density at radius 1 is 0.958 bits per heavy atom. The van der Waals surface area contributed by atoms with Crippen LogP contribution in [0.5, 0.6) is 0 Å². The maximum atomic E-state index is 6.35. The molecule has 0 atom stereocenters. The minimum atomic E-state index is 0.516. The minimum absolute atomic E-state index is 0.516. The van der Waals surface area contributed by atoms with Crippen LogP contribution in [0.25, 0.3) is 10.8 Å². The van der Waals surface area contributed by atoms with Gasteiger partial charge in [-0.1, -0.05) is 55.5 Å². The Labute approximate surface area is 143 Å². The lowest BCUT2D eigenvalue weighted by Crippen LogP contribution is -2.37. The van der Waals surface area contributed by atoms with Gasteiger partial charge in [0.05, 0.1) is 5.69 Å². The summed E-state index contributed by atoms with van der Waals surface area (Å²) in [5.74, 6) is 0.516. The third kappa shape index (κ3) is 3.25. The van der Waals surface area contributed by atoms with Crippen LogP contribution < -0.4 is 10.6 Å². The fourth-order valence-electron chi connectivity index (χ4n) is 2.91. The topological polar surface area (TPSA) is 41.6 Å². The maximum absolute atomic E-state index is 6.35. The van der Waals surface area contributed by atoms with Crippen LogP contribution in [0, 0.1) is 0 Å². The minimum Gasteiger partial charge on any atom is -0.369 e. The third-order valence-electron chi connectivity index (χ3n) is 4.22. The van der Waals surface area contributed by atoms with E-state index in [1.54, 1.807) is 0 Å². The first kappa shape index (κ1) is 16.1. The molecule has 0 fully saturated rings. The van der Waals surface area contributed by atoms with Gasteiger partial charge in [-0.3, -0.25) is 0 Å². The van der Waals surface area contributed by atoms with Crippen LogP contribution in [0.2, 0.25) is 0 Å². The van der Waals surface area contributed by atoms with Gasteiger partial charge in [-0.15, -0.1) is 0 Å². The number of benzene rings is 3. The second-order valence-electron chi connectivity index (χ2n) is 5.74. The molecule has 122 valence electrons. The lowest BCUT2D eigenvalue weighted by Gasteiger charge is -2.22. The molecule has 3 aromatic rings. The predicted octanol–water partition coefficient (Wildman–Crippen LogP) is 4.87. The van der Waals surface area contributed by atoms with Crippen LogP contribution in [0.3, 0.4) is 0 Å². The summed E-state index contributed by atoms with van der Waals surface area (Å²) >= 11 is 0. The van der Waals surface area contributed by atoms with Crippen molar-refractivity contribution in [2.24, 2.45) is 10.7 Å². The monoisotopic (exact) mass is 317 g/mol. The van der Waals surface area contributed by atoms with Gasteiger partial charge in [-0.05, 0) is 42.5 Å². The largest absolute Gasteiger partial charge is 0.369 e. The summed E-state index contributed by atoms with van der Waals surface area (Å²) in [7, 11) is 0. The van der Waals surface area contributed by atoms with Gasteiger partial charge in [0.2, 0.25) is 5.96 Å². The highest BCUT2D eigenvalue weighted by Crippen LogP contribution is 2.26. The van der Waals surface area contributed by atoms with E-state index in [1.165, 1.54) is 10.9 Å². The Kier molecular flexibility index (Phi) is 4.80. The Morgan fingerprint density at radius 2 is 1.71 bits per heavy atom. The van der Waals surface area contributed by atoms with E-state index in [-0.39, 0.29) is 0 Å². The van der Waals surface area contributed by atoms with E-state index < -0.39 is 0 Å². The quantitative estimate of drug-likeness (QED) is 0.550. The normalized spacial score (nSPS) is 11.7. The molecule has 0 bridgehead atoms. The molecule has 0 amide bonds. The Hall–Kier alpha value is -2.81. The summed E-state index contributed by atoms with van der Waals surface area (Å²) in [6.45, 7) is 5.01. The first-order valence-electron chi connectivity index (χ1n) is 8.41. The SMILES string of the molecule is CCc1cccc(N(CC)C(N)=Nc2cccc3ccccc23)c1. The van der Waals surface area contributed by atoms with Crippen molar-refractivity contribution in [3.05, 3.63) is 72.3 Å². The molecule has 3 aromatic carbocycles. The molecule has 0 radical (unpaired) electrons. The van der Waals surface area contributed by atoms with Crippen molar-refractivity contribution in [3.63, 3.8) is 0 Å². The molecule has 0 spiro atoms. The average Bonchev–Trinajstić information content (AvgIpc) is 2.63. The Bertz CT molecular complexity index is 862. The highest BCUT2D eigenvalue weighted by molar-refractivity contribution is 6.00. The highest BCUT2D eigenvalue weighted by atomic mass is 15.3. The van der Waals surface area contributed by atoms with Crippen LogP contribution in [-0.2, 0) is 6.42 Å². The number of nitrogens with zero attached hydrogens (tertiary/aromatic N) is 2. The first-order chi connectivity index (χ1) is 11.7. The zero-order valence-corrected chi connectivity index (χ0v) is 14.2. The van der Waals surface area contributed by atoms with E-state index in [1.807, 2.05) is 29.2 Å². The van der Waals surface area contributed by atoms with E-state index in [4.69, 9.17) is 10.7 Å². The molecule has 2 N–H and O–H groups in total. The molecular formula is C21H23N3. The van der Waals surface area contributed by atoms with Crippen LogP contribution in [-0.4, -0.2) is 12.5 Å². The fraction of sp³-hybridized carbons (Fsp3) is 0.190. The second kappa shape index (κ2) is 7.18. The lowest BCUT2D eigenvalue weighted by atomic mass is 10.1. The predicted molar refractivity (Wildman–Crippen MR) is 104 cm³/mol. The van der Waals surface area contributed by atoms with Crippen LogP contribution in [0.4, 0.5) is 11.4 Å². The summed E-state index contributed by atoms with van der Waals surface area (Å²) in [5, 5.41) is 2.28. The van der Waals surface area contributed by atoms with Gasteiger partial charge in [0.1, 0.15) is 0 Å². The number of hydrogen-bond acceptors (Lipinski definition) is 1. The third-order valence-corrected chi connectivity index (χ3v) is 4.22. The molecule has 0 saturated heterocycles. The van der Waals surface area contributed by atoms with E-state index >= 15 is 0 Å². The van der Waals surface area contributed by atoms with Crippen LogP contribution in [0.15, 0.2) is 71.7 Å². The number of nitrogens with two attached hydrogens (primary N) is 1. The number of fused-ring (bicyclic) bond motifs is 1. The van der Waals surface area contributed by atoms with Crippen molar-refractivity contribution in [2.75, 3.05) is 11.4 Å². The van der Waals surface area contributed by atoms with Crippen molar-refractivity contribution in [2.45, 2.75) is 20.3 Å². The van der Waals surface area contributed by atoms with E-state index in [0.29, 0.717) is 5.96 Å². The Morgan fingerprint density at radius 3 is 2.50 bits per heavy atom. The smallest absolute Gasteiger partial charge is 0.201 e. The second-order valence-corrected chi connectivity index (χ2v) is 5.74. The molecular weight excluding hydrogens is 294 g/mol. The van der Waals surface area contributed by atoms with Gasteiger partial charge in [0, 0.05) is 17.6 Å². The summed E-state index contributed by atoms with van der Waals surface area (Å²) in [4.78, 5) is 6.75. The zero-order chi connectivity index (χ0) is 16.9. The molecule has 0 aliphatic heterocycles. The average molecular weight is 317 g/mol. The van der Waals surface area contributed by atoms with Gasteiger partial charge in [-0.25, -0.2) is 4.99 Å². The molecule has 3 rings (SSSR count). The zero-order valence-electron chi connectivity index (χ0n) is 14.2. The van der Waals surface area contributed by atoms with Crippen molar-refractivity contribution >= 4 is 28.1 Å². The molecule has 0 aliphatic carbocycles. The molecule has 0 heterocycles. The first-order valence-corrected chi connectivity index (χ1v) is 8.41. The number of hydrogen-bond donors (Lipinski definition) is 1. The highest BCUT2D eigenvalue weighted by Gasteiger charge is 2.10. The van der Waals surface area contributed by atoms with Crippen LogP contribution >= 0.6 is 0 Å². The van der Waals surface area contributed by atoms with Crippen molar-refractivity contribution in [1.29, 1.82) is 0 Å².